The van der Waals surface area contributed by atoms with Crippen LogP contribution in [0.15, 0.2) is 21.9 Å². The van der Waals surface area contributed by atoms with Gasteiger partial charge in [-0.3, -0.25) is 23.9 Å². The summed E-state index contributed by atoms with van der Waals surface area (Å²) < 4.78 is 17.2. The molecule has 1 fully saturated rings. The highest BCUT2D eigenvalue weighted by molar-refractivity contribution is 8.09. The van der Waals surface area contributed by atoms with E-state index in [1.54, 1.807) is 0 Å². The molecular formula is C15H20N3O11PS. The first-order valence-electron chi connectivity index (χ1n) is 8.57. The van der Waals surface area contributed by atoms with Crippen molar-refractivity contribution in [2.45, 2.75) is 37.0 Å². The number of rotatable bonds is 9. The molecule has 5 N–H and O–H groups in total. The minimum atomic E-state index is -3.42. The van der Waals surface area contributed by atoms with Crippen molar-refractivity contribution < 1.29 is 43.5 Å². The number of carboxylic acid groups (broad SMARTS) is 2. The summed E-state index contributed by atoms with van der Waals surface area (Å²) in [4.78, 5) is 70.4. The average Bonchev–Trinajstić information content (AvgIpc) is 2.96. The number of nitrogens with zero attached hydrogens (tertiary/aromatic N) is 1. The van der Waals surface area contributed by atoms with Crippen LogP contribution in [0.25, 0.3) is 0 Å². The number of aromatic nitrogens is 2. The number of hydrogen-bond acceptors (Lipinski definition) is 9. The molecule has 1 aliphatic rings. The van der Waals surface area contributed by atoms with Crippen LogP contribution in [0.3, 0.4) is 0 Å². The van der Waals surface area contributed by atoms with Crippen LogP contribution in [0.4, 0.5) is 0 Å². The molecule has 1 aromatic heterocycles. The van der Waals surface area contributed by atoms with Crippen molar-refractivity contribution in [2.24, 2.45) is 0 Å². The maximum absolute atomic E-state index is 12.7. The van der Waals surface area contributed by atoms with Crippen molar-refractivity contribution in [3.05, 3.63) is 33.1 Å². The van der Waals surface area contributed by atoms with E-state index >= 15 is 0 Å². The Morgan fingerprint density at radius 3 is 2.48 bits per heavy atom. The molecule has 6 atom stereocenters. The molecule has 0 bridgehead atoms. The van der Waals surface area contributed by atoms with Gasteiger partial charge in [0.15, 0.2) is 18.8 Å². The van der Waals surface area contributed by atoms with Gasteiger partial charge in [-0.1, -0.05) is 0 Å². The van der Waals surface area contributed by atoms with E-state index in [0.29, 0.717) is 0 Å². The van der Waals surface area contributed by atoms with Crippen LogP contribution in [0, 0.1) is 0 Å². The minimum absolute atomic E-state index is 0.687. The van der Waals surface area contributed by atoms with E-state index in [2.05, 4.69) is 0 Å². The molecule has 14 nitrogen and oxygen atoms in total. The SMILES string of the molecule is CO[C@H]1C(OP(C)(O)=S)[C@@H](C(=O)N[C@H](CC(=O)O)C(=O)O)O[C@H]1n1ccc(=O)[nH]c1=O. The first-order valence-corrected chi connectivity index (χ1v) is 11.7. The number of carbonyl (C=O) groups excluding carboxylic acids is 1. The number of methoxy groups -OCH3 is 1. The largest absolute Gasteiger partial charge is 0.481 e. The number of H-pyrrole nitrogens is 1. The predicted octanol–water partition coefficient (Wildman–Crippen LogP) is -2.19. The molecule has 0 saturated carbocycles. The first-order chi connectivity index (χ1) is 14.3. The summed E-state index contributed by atoms with van der Waals surface area (Å²) in [5.41, 5.74) is -1.58. The van der Waals surface area contributed by atoms with Gasteiger partial charge in [0.1, 0.15) is 18.2 Å². The second-order valence-corrected chi connectivity index (χ2v) is 10.4. The van der Waals surface area contributed by atoms with Crippen molar-refractivity contribution in [1.29, 1.82) is 0 Å². The quantitative estimate of drug-likeness (QED) is 0.238. The fourth-order valence-electron chi connectivity index (χ4n) is 2.92. The molecular weight excluding hydrogens is 461 g/mol. The number of ether oxygens (including phenoxy) is 2. The lowest BCUT2D eigenvalue weighted by atomic mass is 10.1. The molecule has 16 heteroatoms. The Kier molecular flexibility index (Phi) is 7.86. The summed E-state index contributed by atoms with van der Waals surface area (Å²) in [7, 11) is 1.20. The predicted molar refractivity (Wildman–Crippen MR) is 105 cm³/mol. The van der Waals surface area contributed by atoms with E-state index in [9.17, 15) is 28.9 Å². The van der Waals surface area contributed by atoms with Gasteiger partial charge >= 0.3 is 17.6 Å². The standard InChI is InChI=1S/C15H20N3O11PS/c1-27-11-9(29-30(2,26)31)10(12(22)16-6(14(23)24)5-8(20)21)28-13(11)18-4-3-7(19)17-15(18)25/h3-4,6,9-11,13H,5H2,1-2H3,(H,16,22)(H,20,21)(H,23,24)(H,26,31)(H,17,19,25)/t6-,9?,10+,11+,13-,30?/m1/s1. The molecule has 172 valence electrons. The van der Waals surface area contributed by atoms with Crippen molar-refractivity contribution in [2.75, 3.05) is 13.8 Å². The lowest BCUT2D eigenvalue weighted by Gasteiger charge is -2.26. The molecule has 1 saturated heterocycles. The Morgan fingerprint density at radius 1 is 1.35 bits per heavy atom. The van der Waals surface area contributed by atoms with Crippen LogP contribution in [0.5, 0.6) is 0 Å². The van der Waals surface area contributed by atoms with E-state index < -0.39 is 72.6 Å². The third-order valence-corrected chi connectivity index (χ3v) is 5.05. The van der Waals surface area contributed by atoms with Gasteiger partial charge in [0.25, 0.3) is 11.5 Å². The van der Waals surface area contributed by atoms with Crippen LogP contribution >= 0.6 is 6.49 Å². The molecule has 1 aromatic rings. The van der Waals surface area contributed by atoms with Gasteiger partial charge in [-0.25, -0.2) is 9.59 Å². The smallest absolute Gasteiger partial charge is 0.330 e. The number of aliphatic carboxylic acids is 2. The highest BCUT2D eigenvalue weighted by Gasteiger charge is 2.52. The third kappa shape index (κ3) is 6.29. The Bertz CT molecular complexity index is 1020. The molecule has 2 unspecified atom stereocenters. The van der Waals surface area contributed by atoms with Gasteiger partial charge < -0.3 is 34.4 Å². The fraction of sp³-hybridized carbons (Fsp3) is 0.533. The summed E-state index contributed by atoms with van der Waals surface area (Å²) in [6.45, 7) is -2.23. The topological polar surface area (TPSA) is 206 Å². The number of hydrogen-bond donors (Lipinski definition) is 5. The minimum Gasteiger partial charge on any atom is -0.481 e. The van der Waals surface area contributed by atoms with Gasteiger partial charge in [-0.05, 0) is 11.8 Å². The lowest BCUT2D eigenvalue weighted by molar-refractivity contribution is -0.149. The van der Waals surface area contributed by atoms with E-state index in [4.69, 9.17) is 36.0 Å². The molecule has 0 aromatic carbocycles. The molecule has 0 aliphatic carbocycles. The number of carbonyl (C=O) groups is 3. The maximum Gasteiger partial charge on any atom is 0.330 e. The fourth-order valence-corrected chi connectivity index (χ4v) is 3.90. The summed E-state index contributed by atoms with van der Waals surface area (Å²) in [6, 6.07) is -0.770. The van der Waals surface area contributed by atoms with Crippen molar-refractivity contribution in [1.82, 2.24) is 14.9 Å². The van der Waals surface area contributed by atoms with Gasteiger partial charge in [-0.15, -0.1) is 0 Å². The summed E-state index contributed by atoms with van der Waals surface area (Å²) >= 11 is 4.86. The number of amides is 1. The molecule has 1 amide bonds. The molecule has 2 rings (SSSR count). The van der Waals surface area contributed by atoms with Crippen molar-refractivity contribution in [3.63, 3.8) is 0 Å². The molecule has 0 radical (unpaired) electrons. The Hall–Kier alpha value is -2.42. The zero-order valence-electron chi connectivity index (χ0n) is 16.2. The normalized spacial score (nSPS) is 26.0. The van der Waals surface area contributed by atoms with Crippen LogP contribution in [0.1, 0.15) is 12.6 Å². The van der Waals surface area contributed by atoms with Crippen molar-refractivity contribution >= 4 is 36.1 Å². The average molecular weight is 481 g/mol. The van der Waals surface area contributed by atoms with E-state index in [-0.39, 0.29) is 0 Å². The monoisotopic (exact) mass is 481 g/mol. The van der Waals surface area contributed by atoms with E-state index in [1.807, 2.05) is 10.3 Å². The number of nitrogens with one attached hydrogen (secondary N) is 2. The van der Waals surface area contributed by atoms with Gasteiger partial charge in [0.05, 0.1) is 6.42 Å². The Labute approximate surface area is 178 Å². The number of aromatic amines is 1. The summed E-state index contributed by atoms with van der Waals surface area (Å²) in [5, 5.41) is 20.0. The molecule has 2 heterocycles. The lowest BCUT2D eigenvalue weighted by Crippen LogP contribution is -2.50. The van der Waals surface area contributed by atoms with Crippen LogP contribution in [-0.4, -0.2) is 80.6 Å². The maximum atomic E-state index is 12.7. The van der Waals surface area contributed by atoms with Crippen molar-refractivity contribution in [3.8, 4) is 0 Å². The second kappa shape index (κ2) is 9.80. The highest BCUT2D eigenvalue weighted by Crippen LogP contribution is 2.45. The van der Waals surface area contributed by atoms with E-state index in [0.717, 1.165) is 16.8 Å². The summed E-state index contributed by atoms with van der Waals surface area (Å²) in [6.07, 6.45) is -5.40. The molecule has 0 spiro atoms. The third-order valence-electron chi connectivity index (χ3n) is 4.16. The van der Waals surface area contributed by atoms with Crippen LogP contribution < -0.4 is 16.6 Å². The Balaban J connectivity index is 2.42. The summed E-state index contributed by atoms with van der Waals surface area (Å²) in [5.74, 6) is -4.17. The first kappa shape index (κ1) is 24.8. The highest BCUT2D eigenvalue weighted by atomic mass is 32.5. The zero-order chi connectivity index (χ0) is 23.5. The molecule has 1 aliphatic heterocycles. The van der Waals surface area contributed by atoms with E-state index in [1.165, 1.54) is 13.8 Å². The van der Waals surface area contributed by atoms with Gasteiger partial charge in [-0.2, -0.15) is 0 Å². The molecule has 31 heavy (non-hydrogen) atoms. The van der Waals surface area contributed by atoms with Gasteiger partial charge in [0.2, 0.25) is 0 Å². The zero-order valence-corrected chi connectivity index (χ0v) is 17.9. The van der Waals surface area contributed by atoms with Crippen LogP contribution in [0.2, 0.25) is 0 Å². The second-order valence-electron chi connectivity index (χ2n) is 6.54. The van der Waals surface area contributed by atoms with Crippen LogP contribution in [-0.2, 0) is 40.2 Å². The number of carboxylic acids is 2. The Morgan fingerprint density at radius 2 is 2.00 bits per heavy atom. The van der Waals surface area contributed by atoms with Gasteiger partial charge in [0, 0.05) is 26.0 Å².